The van der Waals surface area contributed by atoms with Crippen molar-refractivity contribution in [2.24, 2.45) is 0 Å². The number of aromatic nitrogens is 4. The van der Waals surface area contributed by atoms with Crippen LogP contribution in [-0.2, 0) is 27.8 Å². The van der Waals surface area contributed by atoms with Gasteiger partial charge >= 0.3 is 6.18 Å². The summed E-state index contributed by atoms with van der Waals surface area (Å²) in [6, 6.07) is 0.914. The Balaban J connectivity index is 1.76. The van der Waals surface area contributed by atoms with Crippen molar-refractivity contribution in [3.05, 3.63) is 35.2 Å². The maximum Gasteiger partial charge on any atom is 0.435 e. The fourth-order valence-corrected chi connectivity index (χ4v) is 2.82. The molecule has 1 atom stereocenters. The highest BCUT2D eigenvalue weighted by atomic mass is 19.4. The molecule has 0 saturated carbocycles. The van der Waals surface area contributed by atoms with Gasteiger partial charge in [0, 0.05) is 30.6 Å². The molecule has 1 amide bonds. The number of aryl methyl sites for hydroxylation is 2. The number of alkyl halides is 3. The Bertz CT molecular complexity index is 774. The zero-order valence-corrected chi connectivity index (χ0v) is 13.8. The van der Waals surface area contributed by atoms with Gasteiger partial charge in [-0.25, -0.2) is 4.98 Å². The van der Waals surface area contributed by atoms with Gasteiger partial charge in [0.05, 0.1) is 6.61 Å². The van der Waals surface area contributed by atoms with Crippen molar-refractivity contribution in [1.82, 2.24) is 25.1 Å². The number of hydrogen-bond donors (Lipinski definition) is 2. The van der Waals surface area contributed by atoms with Crippen LogP contribution in [0.25, 0.3) is 0 Å². The van der Waals surface area contributed by atoms with Gasteiger partial charge in [0.2, 0.25) is 5.91 Å². The Morgan fingerprint density at radius 3 is 2.76 bits per heavy atom. The lowest BCUT2D eigenvalue weighted by Gasteiger charge is -2.26. The van der Waals surface area contributed by atoms with Gasteiger partial charge < -0.3 is 15.0 Å². The van der Waals surface area contributed by atoms with E-state index in [2.05, 4.69) is 20.4 Å². The van der Waals surface area contributed by atoms with Crippen molar-refractivity contribution >= 4 is 5.91 Å². The molecule has 1 aliphatic heterocycles. The molecule has 0 aromatic carbocycles. The van der Waals surface area contributed by atoms with E-state index in [0.29, 0.717) is 18.9 Å². The monoisotopic (exact) mass is 357 g/mol. The average Bonchev–Trinajstić information content (AvgIpc) is 3.21. The number of nitrogens with one attached hydrogen (secondary N) is 2. The molecule has 136 valence electrons. The largest absolute Gasteiger partial charge is 0.435 e. The number of carbonyl (C=O) groups is 1. The number of rotatable bonds is 4. The number of amides is 1. The normalized spacial score (nSPS) is 20.8. The van der Waals surface area contributed by atoms with E-state index in [0.717, 1.165) is 16.4 Å². The van der Waals surface area contributed by atoms with Crippen molar-refractivity contribution in [1.29, 1.82) is 0 Å². The summed E-state index contributed by atoms with van der Waals surface area (Å²) in [5.74, 6) is 0.114. The summed E-state index contributed by atoms with van der Waals surface area (Å²) in [6.45, 7) is 3.70. The minimum absolute atomic E-state index is 0.248. The highest BCUT2D eigenvalue weighted by Gasteiger charge is 2.41. The summed E-state index contributed by atoms with van der Waals surface area (Å²) in [4.78, 5) is 19.8. The van der Waals surface area contributed by atoms with Crippen molar-refractivity contribution in [3.63, 3.8) is 0 Å². The third-order valence-corrected chi connectivity index (χ3v) is 4.12. The quantitative estimate of drug-likeness (QED) is 0.872. The van der Waals surface area contributed by atoms with Crippen LogP contribution in [0.1, 0.15) is 29.3 Å². The van der Waals surface area contributed by atoms with Gasteiger partial charge in [-0.3, -0.25) is 9.48 Å². The van der Waals surface area contributed by atoms with Crippen molar-refractivity contribution in [2.75, 3.05) is 13.2 Å². The molecule has 0 radical (unpaired) electrons. The molecule has 2 aromatic rings. The van der Waals surface area contributed by atoms with Crippen LogP contribution < -0.4 is 5.32 Å². The molecule has 1 unspecified atom stereocenters. The highest BCUT2D eigenvalue weighted by Crippen LogP contribution is 2.29. The van der Waals surface area contributed by atoms with Crippen molar-refractivity contribution < 1.29 is 22.7 Å². The topological polar surface area (TPSA) is 84.8 Å². The van der Waals surface area contributed by atoms with E-state index in [1.165, 1.54) is 6.92 Å². The Morgan fingerprint density at radius 2 is 2.24 bits per heavy atom. The predicted octanol–water partition coefficient (Wildman–Crippen LogP) is 1.67. The molecule has 0 aliphatic carbocycles. The lowest BCUT2D eigenvalue weighted by atomic mass is 9.97. The Hall–Kier alpha value is -2.36. The first-order valence-corrected chi connectivity index (χ1v) is 7.72. The van der Waals surface area contributed by atoms with Crippen LogP contribution in [0.5, 0.6) is 0 Å². The van der Waals surface area contributed by atoms with Gasteiger partial charge in [-0.15, -0.1) is 0 Å². The molecule has 1 saturated heterocycles. The molecule has 7 nitrogen and oxygen atoms in total. The van der Waals surface area contributed by atoms with E-state index in [4.69, 9.17) is 4.74 Å². The SMILES string of the molecule is Cc1cnc(C2(NC(=O)Cn3nc(C(F)(F)F)cc3C)CCOC2)[nH]1. The standard InChI is InChI=1S/C15H18F3N5O2/c1-9-6-19-13(20-9)14(3-4-25-8-14)21-12(24)7-23-10(2)5-11(22-23)15(16,17)18/h5-6H,3-4,7-8H2,1-2H3,(H,19,20)(H,21,24). The van der Waals surface area contributed by atoms with E-state index < -0.39 is 23.3 Å². The first kappa shape index (κ1) is 17.5. The molecule has 2 aromatic heterocycles. The second kappa shape index (κ2) is 6.17. The van der Waals surface area contributed by atoms with E-state index in [1.54, 1.807) is 6.20 Å². The summed E-state index contributed by atoms with van der Waals surface area (Å²) in [6.07, 6.45) is -2.37. The number of H-pyrrole nitrogens is 1. The number of aromatic amines is 1. The van der Waals surface area contributed by atoms with Crippen LogP contribution in [0, 0.1) is 13.8 Å². The fourth-order valence-electron chi connectivity index (χ4n) is 2.82. The molecule has 10 heteroatoms. The summed E-state index contributed by atoms with van der Waals surface area (Å²) < 4.78 is 44.6. The lowest BCUT2D eigenvalue weighted by molar-refractivity contribution is -0.141. The summed E-state index contributed by atoms with van der Waals surface area (Å²) in [5.41, 5.74) is -0.723. The van der Waals surface area contributed by atoms with Crippen LogP contribution >= 0.6 is 0 Å². The van der Waals surface area contributed by atoms with Gasteiger partial charge in [-0.1, -0.05) is 0 Å². The van der Waals surface area contributed by atoms with Crippen LogP contribution in [0.2, 0.25) is 0 Å². The molecule has 1 aliphatic rings. The van der Waals surface area contributed by atoms with E-state index in [1.807, 2.05) is 6.92 Å². The van der Waals surface area contributed by atoms with Gasteiger partial charge in [0.15, 0.2) is 5.69 Å². The zero-order chi connectivity index (χ0) is 18.2. The average molecular weight is 357 g/mol. The van der Waals surface area contributed by atoms with Crippen molar-refractivity contribution in [3.8, 4) is 0 Å². The number of carbonyl (C=O) groups excluding carboxylic acids is 1. The first-order valence-electron chi connectivity index (χ1n) is 7.72. The molecular weight excluding hydrogens is 339 g/mol. The summed E-state index contributed by atoms with van der Waals surface area (Å²) in [5, 5.41) is 6.32. The second-order valence-electron chi connectivity index (χ2n) is 6.17. The second-order valence-corrected chi connectivity index (χ2v) is 6.17. The number of nitrogens with zero attached hydrogens (tertiary/aromatic N) is 3. The fraction of sp³-hybridized carbons (Fsp3) is 0.533. The van der Waals surface area contributed by atoms with Crippen molar-refractivity contribution in [2.45, 2.75) is 38.5 Å². The molecular formula is C15H18F3N5O2. The first-order chi connectivity index (χ1) is 11.7. The number of ether oxygens (including phenoxy) is 1. The molecule has 1 fully saturated rings. The van der Waals surface area contributed by atoms with E-state index in [9.17, 15) is 18.0 Å². The minimum atomic E-state index is -4.54. The van der Waals surface area contributed by atoms with Crippen LogP contribution in [0.4, 0.5) is 13.2 Å². The summed E-state index contributed by atoms with van der Waals surface area (Å²) in [7, 11) is 0. The third-order valence-electron chi connectivity index (χ3n) is 4.12. The number of halogens is 3. The maximum atomic E-state index is 12.7. The zero-order valence-electron chi connectivity index (χ0n) is 13.8. The van der Waals surface area contributed by atoms with Gasteiger partial charge in [0.25, 0.3) is 0 Å². The Morgan fingerprint density at radius 1 is 1.48 bits per heavy atom. The van der Waals surface area contributed by atoms with E-state index >= 15 is 0 Å². The molecule has 25 heavy (non-hydrogen) atoms. The van der Waals surface area contributed by atoms with Crippen LogP contribution in [-0.4, -0.2) is 38.9 Å². The van der Waals surface area contributed by atoms with Crippen LogP contribution in [0.15, 0.2) is 12.3 Å². The molecule has 3 heterocycles. The molecule has 0 bridgehead atoms. The van der Waals surface area contributed by atoms with Gasteiger partial charge in [-0.2, -0.15) is 18.3 Å². The Kier molecular flexibility index (Phi) is 4.31. The molecule has 3 rings (SSSR count). The van der Waals surface area contributed by atoms with Gasteiger partial charge in [-0.05, 0) is 19.9 Å². The Labute approximate surface area is 141 Å². The minimum Gasteiger partial charge on any atom is -0.378 e. The lowest BCUT2D eigenvalue weighted by Crippen LogP contribution is -2.48. The summed E-state index contributed by atoms with van der Waals surface area (Å²) >= 11 is 0. The highest BCUT2D eigenvalue weighted by molar-refractivity contribution is 5.76. The predicted molar refractivity (Wildman–Crippen MR) is 80.5 cm³/mol. The number of hydrogen-bond acceptors (Lipinski definition) is 4. The third kappa shape index (κ3) is 3.53. The van der Waals surface area contributed by atoms with Gasteiger partial charge in [0.1, 0.15) is 17.9 Å². The molecule has 0 spiro atoms. The maximum absolute atomic E-state index is 12.7. The van der Waals surface area contributed by atoms with E-state index in [-0.39, 0.29) is 18.8 Å². The molecule has 2 N–H and O–H groups in total. The number of imidazole rings is 1. The van der Waals surface area contributed by atoms with Crippen LogP contribution in [0.3, 0.4) is 0 Å². The smallest absolute Gasteiger partial charge is 0.378 e.